The van der Waals surface area contributed by atoms with Crippen molar-refractivity contribution >= 4 is 17.7 Å². The molecular formula is C21H30N2O4. The Labute approximate surface area is 160 Å². The van der Waals surface area contributed by atoms with Crippen LogP contribution in [0, 0.1) is 25.7 Å². The average molecular weight is 374 g/mol. The van der Waals surface area contributed by atoms with E-state index in [2.05, 4.69) is 4.98 Å². The summed E-state index contributed by atoms with van der Waals surface area (Å²) in [5.74, 6) is 0.101. The number of aromatic amines is 1. The zero-order valence-corrected chi connectivity index (χ0v) is 16.8. The first-order chi connectivity index (χ1) is 12.8. The van der Waals surface area contributed by atoms with Crippen LogP contribution < -0.4 is 0 Å². The molecular weight excluding hydrogens is 344 g/mol. The van der Waals surface area contributed by atoms with Gasteiger partial charge in [0.15, 0.2) is 5.78 Å². The summed E-state index contributed by atoms with van der Waals surface area (Å²) in [6.07, 6.45) is 6.29. The fourth-order valence-corrected chi connectivity index (χ4v) is 4.20. The molecule has 1 N–H and O–H groups in total. The largest absolute Gasteiger partial charge is 0.464 e. The van der Waals surface area contributed by atoms with Crippen molar-refractivity contribution in [2.45, 2.75) is 65.3 Å². The van der Waals surface area contributed by atoms with Crippen LogP contribution in [0.15, 0.2) is 0 Å². The number of ether oxygens (including phenoxy) is 1. The third kappa shape index (κ3) is 3.94. The predicted molar refractivity (Wildman–Crippen MR) is 102 cm³/mol. The molecule has 6 nitrogen and oxygen atoms in total. The van der Waals surface area contributed by atoms with E-state index in [-0.39, 0.29) is 17.6 Å². The van der Waals surface area contributed by atoms with Crippen molar-refractivity contribution in [1.29, 1.82) is 0 Å². The highest BCUT2D eigenvalue weighted by Crippen LogP contribution is 2.34. The molecule has 0 aliphatic heterocycles. The van der Waals surface area contributed by atoms with E-state index in [4.69, 9.17) is 4.74 Å². The van der Waals surface area contributed by atoms with Gasteiger partial charge in [-0.3, -0.25) is 9.59 Å². The van der Waals surface area contributed by atoms with Crippen LogP contribution in [0.2, 0.25) is 0 Å². The molecule has 0 spiro atoms. The molecule has 1 unspecified atom stereocenters. The zero-order chi connectivity index (χ0) is 19.7. The molecule has 27 heavy (non-hydrogen) atoms. The van der Waals surface area contributed by atoms with Crippen LogP contribution in [-0.2, 0) is 9.53 Å². The number of ketones is 1. The van der Waals surface area contributed by atoms with Crippen molar-refractivity contribution in [3.05, 3.63) is 22.5 Å². The number of nitrogens with zero attached hydrogens (tertiary/aromatic N) is 1. The number of hydrogen-bond donors (Lipinski definition) is 1. The van der Waals surface area contributed by atoms with E-state index in [0.717, 1.165) is 38.5 Å². The van der Waals surface area contributed by atoms with Gasteiger partial charge in [0.2, 0.25) is 5.91 Å². The van der Waals surface area contributed by atoms with Gasteiger partial charge in [-0.05, 0) is 57.9 Å². The molecule has 1 amide bonds. The molecule has 0 saturated heterocycles. The van der Waals surface area contributed by atoms with Gasteiger partial charge in [0.05, 0.1) is 13.2 Å². The maximum atomic E-state index is 13.3. The molecule has 1 atom stereocenters. The number of methoxy groups -OCH3 is 1. The first-order valence-corrected chi connectivity index (χ1v) is 9.97. The molecule has 1 heterocycles. The van der Waals surface area contributed by atoms with E-state index in [1.54, 1.807) is 18.7 Å². The number of Topliss-reactive ketones (excluding diaryl/α,β-unsaturated/α-hetero) is 1. The Morgan fingerprint density at radius 1 is 1.15 bits per heavy atom. The lowest BCUT2D eigenvalue weighted by atomic mass is 9.97. The third-order valence-corrected chi connectivity index (χ3v) is 6.06. The monoisotopic (exact) mass is 374 g/mol. The van der Waals surface area contributed by atoms with Gasteiger partial charge in [0.1, 0.15) is 5.69 Å². The van der Waals surface area contributed by atoms with Crippen molar-refractivity contribution < 1.29 is 19.1 Å². The lowest BCUT2D eigenvalue weighted by Gasteiger charge is -2.31. The minimum absolute atomic E-state index is 0.0537. The van der Waals surface area contributed by atoms with Crippen LogP contribution in [0.5, 0.6) is 0 Å². The first-order valence-electron chi connectivity index (χ1n) is 9.97. The fraction of sp³-hybridized carbons (Fsp3) is 0.667. The van der Waals surface area contributed by atoms with Crippen molar-refractivity contribution in [3.8, 4) is 0 Å². The van der Waals surface area contributed by atoms with Crippen LogP contribution in [0.25, 0.3) is 0 Å². The van der Waals surface area contributed by atoms with Gasteiger partial charge in [0.25, 0.3) is 0 Å². The lowest BCUT2D eigenvalue weighted by Crippen LogP contribution is -2.47. The van der Waals surface area contributed by atoms with Crippen molar-refractivity contribution in [3.63, 3.8) is 0 Å². The number of aromatic nitrogens is 1. The summed E-state index contributed by atoms with van der Waals surface area (Å²) in [6.45, 7) is 6.01. The summed E-state index contributed by atoms with van der Waals surface area (Å²) in [5.41, 5.74) is 2.05. The number of carbonyl (C=O) groups excluding carboxylic acids is 3. The lowest BCUT2D eigenvalue weighted by molar-refractivity contribution is -0.136. The summed E-state index contributed by atoms with van der Waals surface area (Å²) in [5, 5.41) is 0. The molecule has 0 bridgehead atoms. The molecule has 3 rings (SSSR count). The SMILES string of the molecule is COC(=O)c1[nH]c(C)c(C(=O)C(C)N(CC2CC2)C(=O)C2CCCC2)c1C. The predicted octanol–water partition coefficient (Wildman–Crippen LogP) is 3.42. The van der Waals surface area contributed by atoms with E-state index in [1.165, 1.54) is 7.11 Å². The van der Waals surface area contributed by atoms with Crippen LogP contribution >= 0.6 is 0 Å². The molecule has 6 heteroatoms. The molecule has 148 valence electrons. The smallest absolute Gasteiger partial charge is 0.354 e. The van der Waals surface area contributed by atoms with Crippen LogP contribution in [0.4, 0.5) is 0 Å². The minimum Gasteiger partial charge on any atom is -0.464 e. The number of amides is 1. The number of hydrogen-bond acceptors (Lipinski definition) is 4. The van der Waals surface area contributed by atoms with Crippen LogP contribution in [0.1, 0.15) is 77.6 Å². The minimum atomic E-state index is -0.530. The summed E-state index contributed by atoms with van der Waals surface area (Å²) < 4.78 is 4.79. The maximum absolute atomic E-state index is 13.3. The molecule has 1 aromatic heterocycles. The Morgan fingerprint density at radius 3 is 2.33 bits per heavy atom. The van der Waals surface area contributed by atoms with Crippen molar-refractivity contribution in [2.75, 3.05) is 13.7 Å². The highest BCUT2D eigenvalue weighted by Gasteiger charge is 2.37. The zero-order valence-electron chi connectivity index (χ0n) is 16.8. The van der Waals surface area contributed by atoms with E-state index in [9.17, 15) is 14.4 Å². The van der Waals surface area contributed by atoms with Crippen molar-refractivity contribution in [2.24, 2.45) is 11.8 Å². The number of carbonyl (C=O) groups is 3. The highest BCUT2D eigenvalue weighted by molar-refractivity contribution is 6.06. The molecule has 0 radical (unpaired) electrons. The number of nitrogens with one attached hydrogen (secondary N) is 1. The molecule has 2 saturated carbocycles. The summed E-state index contributed by atoms with van der Waals surface area (Å²) in [4.78, 5) is 43.1. The average Bonchev–Trinajstić information content (AvgIpc) is 3.20. The number of aryl methyl sites for hydroxylation is 1. The van der Waals surface area contributed by atoms with Gasteiger partial charge in [-0.15, -0.1) is 0 Å². The molecule has 2 fully saturated rings. The number of esters is 1. The summed E-state index contributed by atoms with van der Waals surface area (Å²) in [6, 6.07) is -0.530. The third-order valence-electron chi connectivity index (χ3n) is 6.06. The van der Waals surface area contributed by atoms with Crippen LogP contribution in [-0.4, -0.2) is 47.2 Å². The molecule has 1 aromatic rings. The molecule has 2 aliphatic carbocycles. The second kappa shape index (κ2) is 7.87. The quantitative estimate of drug-likeness (QED) is 0.586. The van der Waals surface area contributed by atoms with Crippen molar-refractivity contribution in [1.82, 2.24) is 9.88 Å². The van der Waals surface area contributed by atoms with Gasteiger partial charge >= 0.3 is 5.97 Å². The normalized spacial score (nSPS) is 18.4. The molecule has 0 aromatic carbocycles. The standard InChI is InChI=1S/C21H30N2O4/c1-12-17(13(2)22-18(12)21(26)27-4)19(24)14(3)23(11-15-9-10-15)20(25)16-7-5-6-8-16/h14-16,22H,5-11H2,1-4H3. The van der Waals surface area contributed by atoms with Gasteiger partial charge in [-0.2, -0.15) is 0 Å². The Morgan fingerprint density at radius 2 is 1.78 bits per heavy atom. The van der Waals surface area contributed by atoms with Gasteiger partial charge < -0.3 is 14.6 Å². The van der Waals surface area contributed by atoms with Gasteiger partial charge in [0, 0.05) is 23.7 Å². The van der Waals surface area contributed by atoms with Crippen LogP contribution in [0.3, 0.4) is 0 Å². The second-order valence-electron chi connectivity index (χ2n) is 8.07. The summed E-state index contributed by atoms with van der Waals surface area (Å²) >= 11 is 0. The topological polar surface area (TPSA) is 79.5 Å². The van der Waals surface area contributed by atoms with E-state index in [1.807, 2.05) is 6.92 Å². The Hall–Kier alpha value is -2.11. The maximum Gasteiger partial charge on any atom is 0.354 e. The fourth-order valence-electron chi connectivity index (χ4n) is 4.20. The van der Waals surface area contributed by atoms with E-state index < -0.39 is 12.0 Å². The Balaban J connectivity index is 1.86. The second-order valence-corrected chi connectivity index (χ2v) is 8.07. The highest BCUT2D eigenvalue weighted by atomic mass is 16.5. The number of H-pyrrole nitrogens is 1. The summed E-state index contributed by atoms with van der Waals surface area (Å²) in [7, 11) is 1.32. The van der Waals surface area contributed by atoms with E-state index >= 15 is 0 Å². The number of rotatable bonds is 7. The van der Waals surface area contributed by atoms with E-state index in [0.29, 0.717) is 35.0 Å². The first kappa shape index (κ1) is 19.6. The Kier molecular flexibility index (Phi) is 5.72. The molecule has 2 aliphatic rings. The van der Waals surface area contributed by atoms with Gasteiger partial charge in [-0.25, -0.2) is 4.79 Å². The van der Waals surface area contributed by atoms with Gasteiger partial charge in [-0.1, -0.05) is 12.8 Å². The Bertz CT molecular complexity index is 742.